The van der Waals surface area contributed by atoms with E-state index in [0.29, 0.717) is 12.3 Å². The molecule has 1 aliphatic rings. The van der Waals surface area contributed by atoms with Crippen LogP contribution in [0.4, 0.5) is 0 Å². The molecule has 21 heavy (non-hydrogen) atoms. The fourth-order valence-electron chi connectivity index (χ4n) is 2.46. The fraction of sp³-hybridized carbons (Fsp3) is 0.357. The summed E-state index contributed by atoms with van der Waals surface area (Å²) in [5.41, 5.74) is 1.29. The van der Waals surface area contributed by atoms with Crippen LogP contribution in [0.15, 0.2) is 29.2 Å². The van der Waals surface area contributed by atoms with Crippen molar-refractivity contribution in [2.45, 2.75) is 23.8 Å². The highest BCUT2D eigenvalue weighted by atomic mass is 32.2. The minimum Gasteiger partial charge on any atom is -0.476 e. The van der Waals surface area contributed by atoms with Crippen LogP contribution in [-0.2, 0) is 4.74 Å². The van der Waals surface area contributed by atoms with Crippen LogP contribution >= 0.6 is 11.8 Å². The standard InChI is InChI=1S/C14H15N3O3S/c1-21-10-5-2-4-9(8-10)17-13(11-6-3-7-20-11)12(14(18)19)15-16-17/h2,4-5,8,11H,3,6-7H2,1H3,(H,18,19). The lowest BCUT2D eigenvalue weighted by molar-refractivity contribution is 0.0673. The first kappa shape index (κ1) is 14.1. The third-order valence-electron chi connectivity index (χ3n) is 3.44. The molecule has 2 aromatic rings. The first-order valence-corrected chi connectivity index (χ1v) is 7.88. The van der Waals surface area contributed by atoms with Crippen molar-refractivity contribution in [2.75, 3.05) is 12.9 Å². The monoisotopic (exact) mass is 305 g/mol. The molecule has 1 aliphatic heterocycles. The van der Waals surface area contributed by atoms with Gasteiger partial charge < -0.3 is 9.84 Å². The summed E-state index contributed by atoms with van der Waals surface area (Å²) >= 11 is 1.62. The molecule has 3 rings (SSSR count). The van der Waals surface area contributed by atoms with Gasteiger partial charge in [-0.25, -0.2) is 9.48 Å². The highest BCUT2D eigenvalue weighted by Crippen LogP contribution is 2.32. The van der Waals surface area contributed by atoms with Crippen LogP contribution < -0.4 is 0 Å². The number of aromatic nitrogens is 3. The van der Waals surface area contributed by atoms with Crippen molar-refractivity contribution in [3.63, 3.8) is 0 Å². The van der Waals surface area contributed by atoms with Gasteiger partial charge in [0.1, 0.15) is 11.8 Å². The lowest BCUT2D eigenvalue weighted by atomic mass is 10.1. The summed E-state index contributed by atoms with van der Waals surface area (Å²) in [4.78, 5) is 12.5. The average Bonchev–Trinajstić information content (AvgIpc) is 3.15. The number of hydrogen-bond acceptors (Lipinski definition) is 5. The van der Waals surface area contributed by atoms with Gasteiger partial charge in [-0.3, -0.25) is 0 Å². The summed E-state index contributed by atoms with van der Waals surface area (Å²) in [6.45, 7) is 0.639. The van der Waals surface area contributed by atoms with Gasteiger partial charge in [0, 0.05) is 11.5 Å². The maximum Gasteiger partial charge on any atom is 0.358 e. The lowest BCUT2D eigenvalue weighted by Gasteiger charge is -2.13. The minimum absolute atomic E-state index is 0.0311. The van der Waals surface area contributed by atoms with Crippen LogP contribution in [0.5, 0.6) is 0 Å². The molecule has 1 saturated heterocycles. The summed E-state index contributed by atoms with van der Waals surface area (Å²) in [5.74, 6) is -1.08. The smallest absolute Gasteiger partial charge is 0.358 e. The van der Waals surface area contributed by atoms with E-state index < -0.39 is 5.97 Å². The molecule has 1 fully saturated rings. The van der Waals surface area contributed by atoms with E-state index >= 15 is 0 Å². The predicted octanol–water partition coefficient (Wildman–Crippen LogP) is 2.54. The third-order valence-corrected chi connectivity index (χ3v) is 4.17. The average molecular weight is 305 g/mol. The van der Waals surface area contributed by atoms with Crippen LogP contribution in [0.25, 0.3) is 5.69 Å². The van der Waals surface area contributed by atoms with E-state index in [1.807, 2.05) is 30.5 Å². The molecule has 0 aliphatic carbocycles. The summed E-state index contributed by atoms with van der Waals surface area (Å²) in [7, 11) is 0. The Balaban J connectivity index is 2.11. The van der Waals surface area contributed by atoms with Crippen molar-refractivity contribution in [2.24, 2.45) is 0 Å². The molecule has 0 amide bonds. The molecular weight excluding hydrogens is 290 g/mol. The van der Waals surface area contributed by atoms with Crippen LogP contribution in [0, 0.1) is 0 Å². The Morgan fingerprint density at radius 3 is 3.05 bits per heavy atom. The van der Waals surface area contributed by atoms with Crippen molar-refractivity contribution in [1.29, 1.82) is 0 Å². The topological polar surface area (TPSA) is 77.2 Å². The fourth-order valence-corrected chi connectivity index (χ4v) is 2.91. The van der Waals surface area contributed by atoms with E-state index in [4.69, 9.17) is 4.74 Å². The Bertz CT molecular complexity index is 665. The second-order valence-corrected chi connectivity index (χ2v) is 5.62. The number of ether oxygens (including phenoxy) is 1. The van der Waals surface area contributed by atoms with Crippen LogP contribution in [0.1, 0.15) is 35.1 Å². The minimum atomic E-state index is -1.08. The van der Waals surface area contributed by atoms with Crippen molar-refractivity contribution < 1.29 is 14.6 Å². The van der Waals surface area contributed by atoms with E-state index in [2.05, 4.69) is 10.3 Å². The van der Waals surface area contributed by atoms with Gasteiger partial charge in [-0.1, -0.05) is 11.3 Å². The molecule has 0 radical (unpaired) electrons. The first-order chi connectivity index (χ1) is 10.2. The normalized spacial score (nSPS) is 18.0. The van der Waals surface area contributed by atoms with Gasteiger partial charge in [0.15, 0.2) is 5.69 Å². The summed E-state index contributed by atoms with van der Waals surface area (Å²) in [6.07, 6.45) is 3.43. The number of nitrogens with zero attached hydrogens (tertiary/aromatic N) is 3. The number of carboxylic acids is 1. The molecule has 1 aromatic carbocycles. The maximum atomic E-state index is 11.4. The Kier molecular flexibility index (Phi) is 3.94. The number of rotatable bonds is 4. The van der Waals surface area contributed by atoms with E-state index in [-0.39, 0.29) is 11.8 Å². The van der Waals surface area contributed by atoms with Gasteiger partial charge in [-0.2, -0.15) is 0 Å². The summed E-state index contributed by atoms with van der Waals surface area (Å²) < 4.78 is 7.22. The Morgan fingerprint density at radius 2 is 2.38 bits per heavy atom. The van der Waals surface area contributed by atoms with Crippen molar-refractivity contribution in [3.8, 4) is 5.69 Å². The SMILES string of the molecule is CSc1cccc(-n2nnc(C(=O)O)c2C2CCCO2)c1. The molecule has 1 N–H and O–H groups in total. The summed E-state index contributed by atoms with van der Waals surface area (Å²) in [6, 6.07) is 7.76. The van der Waals surface area contributed by atoms with Crippen LogP contribution in [-0.4, -0.2) is 38.9 Å². The number of carboxylic acid groups (broad SMARTS) is 1. The lowest BCUT2D eigenvalue weighted by Crippen LogP contribution is -2.11. The molecule has 0 bridgehead atoms. The second-order valence-electron chi connectivity index (χ2n) is 4.74. The van der Waals surface area contributed by atoms with E-state index in [0.717, 1.165) is 23.4 Å². The van der Waals surface area contributed by atoms with Gasteiger partial charge in [0.25, 0.3) is 0 Å². The number of carbonyl (C=O) groups is 1. The van der Waals surface area contributed by atoms with Crippen molar-refractivity contribution in [3.05, 3.63) is 35.7 Å². The molecule has 1 atom stereocenters. The third kappa shape index (κ3) is 2.66. The van der Waals surface area contributed by atoms with Gasteiger partial charge in [-0.05, 0) is 37.3 Å². The Morgan fingerprint density at radius 1 is 1.52 bits per heavy atom. The van der Waals surface area contributed by atoms with Crippen LogP contribution in [0.3, 0.4) is 0 Å². The molecule has 110 valence electrons. The van der Waals surface area contributed by atoms with Gasteiger partial charge in [0.05, 0.1) is 5.69 Å². The zero-order valence-corrected chi connectivity index (χ0v) is 12.3. The molecule has 0 saturated carbocycles. The number of thioether (sulfide) groups is 1. The van der Waals surface area contributed by atoms with Crippen molar-refractivity contribution >= 4 is 17.7 Å². The highest BCUT2D eigenvalue weighted by molar-refractivity contribution is 7.98. The highest BCUT2D eigenvalue weighted by Gasteiger charge is 2.30. The predicted molar refractivity (Wildman–Crippen MR) is 78.0 cm³/mol. The van der Waals surface area contributed by atoms with Crippen molar-refractivity contribution in [1.82, 2.24) is 15.0 Å². The van der Waals surface area contributed by atoms with E-state index in [1.54, 1.807) is 16.4 Å². The van der Waals surface area contributed by atoms with Gasteiger partial charge in [-0.15, -0.1) is 16.9 Å². The molecule has 2 heterocycles. The molecule has 6 nitrogen and oxygen atoms in total. The quantitative estimate of drug-likeness (QED) is 0.875. The number of benzene rings is 1. The molecule has 7 heteroatoms. The second kappa shape index (κ2) is 5.87. The Hall–Kier alpha value is -1.86. The number of hydrogen-bond donors (Lipinski definition) is 1. The van der Waals surface area contributed by atoms with Crippen LogP contribution in [0.2, 0.25) is 0 Å². The van der Waals surface area contributed by atoms with Gasteiger partial charge in [0.2, 0.25) is 0 Å². The Labute approximate surface area is 126 Å². The van der Waals surface area contributed by atoms with Gasteiger partial charge >= 0.3 is 5.97 Å². The van der Waals surface area contributed by atoms with E-state index in [1.165, 1.54) is 0 Å². The first-order valence-electron chi connectivity index (χ1n) is 6.65. The number of aromatic carboxylic acids is 1. The summed E-state index contributed by atoms with van der Waals surface area (Å²) in [5, 5.41) is 17.2. The largest absolute Gasteiger partial charge is 0.476 e. The molecule has 0 spiro atoms. The zero-order valence-electron chi connectivity index (χ0n) is 11.5. The molecular formula is C14H15N3O3S. The molecule has 1 unspecified atom stereocenters. The maximum absolute atomic E-state index is 11.4. The van der Waals surface area contributed by atoms with E-state index in [9.17, 15) is 9.90 Å². The zero-order chi connectivity index (χ0) is 14.8. The molecule has 1 aromatic heterocycles.